The normalized spacial score (nSPS) is 25.3. The van der Waals surface area contributed by atoms with Crippen LogP contribution in [0.3, 0.4) is 0 Å². The van der Waals surface area contributed by atoms with Gasteiger partial charge >= 0.3 is 6.03 Å². The predicted octanol–water partition coefficient (Wildman–Crippen LogP) is 2.52. The molecule has 1 saturated carbocycles. The number of hydrogen-bond donors (Lipinski definition) is 3. The Balaban J connectivity index is 1.25. The highest BCUT2D eigenvalue weighted by molar-refractivity contribution is 5.74. The number of aliphatic hydroxyl groups is 1. The summed E-state index contributed by atoms with van der Waals surface area (Å²) in [7, 11) is 0. The van der Waals surface area contributed by atoms with Gasteiger partial charge in [-0.2, -0.15) is 0 Å². The summed E-state index contributed by atoms with van der Waals surface area (Å²) < 4.78 is 5.11. The van der Waals surface area contributed by atoms with Gasteiger partial charge in [-0.1, -0.05) is 24.3 Å². The molecule has 24 heavy (non-hydrogen) atoms. The second kappa shape index (κ2) is 5.98. The standard InChI is InChI=1S/C19H22N2O3/c22-16(17-6-3-9-24-17)12-21-18(23)20-11-14-10-19(14)8-7-13-4-1-2-5-15(13)19/h1-6,9,14,16,22H,7-8,10-12H2,(H2,20,21,23). The van der Waals surface area contributed by atoms with Crippen molar-refractivity contribution in [2.75, 3.05) is 13.1 Å². The van der Waals surface area contributed by atoms with E-state index in [9.17, 15) is 9.90 Å². The number of nitrogens with one attached hydrogen (secondary N) is 2. The lowest BCUT2D eigenvalue weighted by Gasteiger charge is -2.13. The van der Waals surface area contributed by atoms with E-state index >= 15 is 0 Å². The predicted molar refractivity (Wildman–Crippen MR) is 89.6 cm³/mol. The molecule has 3 atom stereocenters. The number of carbonyl (C=O) groups is 1. The number of rotatable bonds is 5. The Morgan fingerprint density at radius 1 is 1.29 bits per heavy atom. The number of fused-ring (bicyclic) bond motifs is 2. The van der Waals surface area contributed by atoms with Gasteiger partial charge in [0.2, 0.25) is 0 Å². The van der Waals surface area contributed by atoms with Crippen LogP contribution in [0, 0.1) is 5.92 Å². The van der Waals surface area contributed by atoms with Crippen molar-refractivity contribution < 1.29 is 14.3 Å². The van der Waals surface area contributed by atoms with Gasteiger partial charge < -0.3 is 20.2 Å². The van der Waals surface area contributed by atoms with Crippen LogP contribution in [0.25, 0.3) is 0 Å². The lowest BCUT2D eigenvalue weighted by atomic mass is 9.95. The Morgan fingerprint density at radius 2 is 2.17 bits per heavy atom. The minimum absolute atomic E-state index is 0.137. The number of aliphatic hydroxyl groups excluding tert-OH is 1. The summed E-state index contributed by atoms with van der Waals surface area (Å²) in [6, 6.07) is 11.8. The second-order valence-corrected chi connectivity index (χ2v) is 6.84. The lowest BCUT2D eigenvalue weighted by Crippen LogP contribution is -2.39. The molecule has 126 valence electrons. The van der Waals surface area contributed by atoms with Crippen molar-refractivity contribution in [3.05, 3.63) is 59.5 Å². The molecule has 0 radical (unpaired) electrons. The first-order valence-corrected chi connectivity index (χ1v) is 8.50. The maximum atomic E-state index is 11.9. The van der Waals surface area contributed by atoms with Crippen LogP contribution >= 0.6 is 0 Å². The lowest BCUT2D eigenvalue weighted by molar-refractivity contribution is 0.148. The van der Waals surface area contributed by atoms with Crippen LogP contribution in [0.4, 0.5) is 4.79 Å². The number of amides is 2. The van der Waals surface area contributed by atoms with Crippen LogP contribution in [0.15, 0.2) is 47.1 Å². The van der Waals surface area contributed by atoms with Crippen molar-refractivity contribution in [3.8, 4) is 0 Å². The van der Waals surface area contributed by atoms with E-state index in [1.54, 1.807) is 12.1 Å². The molecule has 0 bridgehead atoms. The highest BCUT2D eigenvalue weighted by Gasteiger charge is 2.57. The van der Waals surface area contributed by atoms with E-state index in [-0.39, 0.29) is 18.0 Å². The number of carbonyl (C=O) groups excluding carboxylic acids is 1. The zero-order valence-electron chi connectivity index (χ0n) is 13.5. The zero-order valence-corrected chi connectivity index (χ0v) is 13.5. The van der Waals surface area contributed by atoms with E-state index in [1.807, 2.05) is 0 Å². The first-order valence-electron chi connectivity index (χ1n) is 8.50. The number of urea groups is 1. The number of hydrogen-bond acceptors (Lipinski definition) is 3. The average Bonchev–Trinajstić information content (AvgIpc) is 2.94. The highest BCUT2D eigenvalue weighted by Crippen LogP contribution is 2.61. The molecule has 1 spiro atoms. The van der Waals surface area contributed by atoms with Gasteiger partial charge in [0.1, 0.15) is 11.9 Å². The summed E-state index contributed by atoms with van der Waals surface area (Å²) in [5.41, 5.74) is 3.23. The van der Waals surface area contributed by atoms with Crippen LogP contribution in [0.5, 0.6) is 0 Å². The maximum absolute atomic E-state index is 11.9. The Hall–Kier alpha value is -2.27. The van der Waals surface area contributed by atoms with Gasteiger partial charge in [-0.05, 0) is 48.4 Å². The third-order valence-corrected chi connectivity index (χ3v) is 5.46. The monoisotopic (exact) mass is 326 g/mol. The van der Waals surface area contributed by atoms with E-state index in [1.165, 1.54) is 23.8 Å². The molecule has 1 aromatic carbocycles. The molecule has 3 N–H and O–H groups in total. The molecular formula is C19H22N2O3. The molecule has 3 unspecified atom stereocenters. The largest absolute Gasteiger partial charge is 0.467 e. The Labute approximate surface area is 141 Å². The van der Waals surface area contributed by atoms with Crippen molar-refractivity contribution in [1.29, 1.82) is 0 Å². The topological polar surface area (TPSA) is 74.5 Å². The molecule has 1 aromatic heterocycles. The molecular weight excluding hydrogens is 304 g/mol. The number of benzene rings is 1. The van der Waals surface area contributed by atoms with Crippen LogP contribution in [-0.4, -0.2) is 24.2 Å². The maximum Gasteiger partial charge on any atom is 0.314 e. The molecule has 5 nitrogen and oxygen atoms in total. The Kier molecular flexibility index (Phi) is 3.81. The van der Waals surface area contributed by atoms with Gasteiger partial charge in [0, 0.05) is 12.0 Å². The molecule has 0 aliphatic heterocycles. The summed E-state index contributed by atoms with van der Waals surface area (Å²) in [5, 5.41) is 15.5. The number of aryl methyl sites for hydroxylation is 1. The highest BCUT2D eigenvalue weighted by atomic mass is 16.4. The van der Waals surface area contributed by atoms with Crippen LogP contribution in [0.1, 0.15) is 35.8 Å². The van der Waals surface area contributed by atoms with Crippen molar-refractivity contribution in [2.24, 2.45) is 5.92 Å². The fourth-order valence-corrected chi connectivity index (χ4v) is 4.05. The van der Waals surface area contributed by atoms with Gasteiger partial charge in [-0.15, -0.1) is 0 Å². The summed E-state index contributed by atoms with van der Waals surface area (Å²) >= 11 is 0. The molecule has 2 amide bonds. The molecule has 1 fully saturated rings. The van der Waals surface area contributed by atoms with E-state index in [4.69, 9.17) is 4.42 Å². The van der Waals surface area contributed by atoms with Crippen molar-refractivity contribution >= 4 is 6.03 Å². The van der Waals surface area contributed by atoms with Gasteiger partial charge in [0.15, 0.2) is 0 Å². The van der Waals surface area contributed by atoms with Gasteiger partial charge in [0.05, 0.1) is 12.8 Å². The zero-order chi connectivity index (χ0) is 16.6. The van der Waals surface area contributed by atoms with E-state index in [0.29, 0.717) is 18.2 Å². The summed E-state index contributed by atoms with van der Waals surface area (Å²) in [6.07, 6.45) is 4.18. The molecule has 1 heterocycles. The van der Waals surface area contributed by atoms with E-state index in [0.717, 1.165) is 12.8 Å². The molecule has 4 rings (SSSR count). The Morgan fingerprint density at radius 3 is 3.00 bits per heavy atom. The van der Waals surface area contributed by atoms with Crippen LogP contribution in [-0.2, 0) is 11.8 Å². The fourth-order valence-electron chi connectivity index (χ4n) is 4.05. The summed E-state index contributed by atoms with van der Waals surface area (Å²) in [4.78, 5) is 11.9. The minimum atomic E-state index is -0.820. The molecule has 2 aliphatic rings. The second-order valence-electron chi connectivity index (χ2n) is 6.84. The smallest absolute Gasteiger partial charge is 0.314 e. The Bertz CT molecular complexity index is 728. The minimum Gasteiger partial charge on any atom is -0.467 e. The van der Waals surface area contributed by atoms with Crippen molar-refractivity contribution in [1.82, 2.24) is 10.6 Å². The first kappa shape index (κ1) is 15.3. The van der Waals surface area contributed by atoms with Crippen LogP contribution in [0.2, 0.25) is 0 Å². The van der Waals surface area contributed by atoms with Crippen molar-refractivity contribution in [3.63, 3.8) is 0 Å². The SMILES string of the molecule is O=C(NCC(O)c1ccco1)NCC1CC12CCc1ccccc12. The van der Waals surface area contributed by atoms with Gasteiger partial charge in [0.25, 0.3) is 0 Å². The summed E-state index contributed by atoms with van der Waals surface area (Å²) in [5.74, 6) is 0.973. The summed E-state index contributed by atoms with van der Waals surface area (Å²) in [6.45, 7) is 0.814. The average molecular weight is 326 g/mol. The van der Waals surface area contributed by atoms with Crippen molar-refractivity contribution in [2.45, 2.75) is 30.8 Å². The fraction of sp³-hybridized carbons (Fsp3) is 0.421. The third-order valence-electron chi connectivity index (χ3n) is 5.46. The van der Waals surface area contributed by atoms with Gasteiger partial charge in [-0.3, -0.25) is 0 Å². The first-order chi connectivity index (χ1) is 11.7. The van der Waals surface area contributed by atoms with Crippen LogP contribution < -0.4 is 10.6 Å². The quantitative estimate of drug-likeness (QED) is 0.790. The van der Waals surface area contributed by atoms with E-state index in [2.05, 4.69) is 34.9 Å². The van der Waals surface area contributed by atoms with E-state index < -0.39 is 6.10 Å². The molecule has 2 aromatic rings. The van der Waals surface area contributed by atoms with Gasteiger partial charge in [-0.25, -0.2) is 4.79 Å². The molecule has 2 aliphatic carbocycles. The third kappa shape index (κ3) is 2.69. The number of furan rings is 1. The molecule has 0 saturated heterocycles. The molecule has 5 heteroatoms.